The first-order valence-electron chi connectivity index (χ1n) is 9.64. The van der Waals surface area contributed by atoms with Crippen LogP contribution in [-0.2, 0) is 19.1 Å². The van der Waals surface area contributed by atoms with Crippen LogP contribution in [0, 0.1) is 22.7 Å². The zero-order valence-electron chi connectivity index (χ0n) is 17.2. The van der Waals surface area contributed by atoms with E-state index in [4.69, 9.17) is 9.47 Å². The summed E-state index contributed by atoms with van der Waals surface area (Å²) in [5.41, 5.74) is 2.15. The molecule has 0 aromatic carbocycles. The number of hydrogen-bond acceptors (Lipinski definition) is 4. The molecule has 1 saturated carbocycles. The molecule has 2 aliphatic carbocycles. The summed E-state index contributed by atoms with van der Waals surface area (Å²) >= 11 is 0. The lowest BCUT2D eigenvalue weighted by atomic mass is 9.48. The van der Waals surface area contributed by atoms with E-state index >= 15 is 0 Å². The highest BCUT2D eigenvalue weighted by molar-refractivity contribution is 5.95. The minimum absolute atomic E-state index is 0.0128. The number of ether oxygens (including phenoxy) is 2. The fourth-order valence-electron chi connectivity index (χ4n) is 5.60. The Morgan fingerprint density at radius 3 is 2.58 bits per heavy atom. The quantitative estimate of drug-likeness (QED) is 0.516. The van der Waals surface area contributed by atoms with E-state index in [1.165, 1.54) is 19.1 Å². The maximum Gasteiger partial charge on any atom is 0.330 e. The Morgan fingerprint density at radius 1 is 1.27 bits per heavy atom. The van der Waals surface area contributed by atoms with Gasteiger partial charge < -0.3 is 9.47 Å². The third-order valence-electron chi connectivity index (χ3n) is 6.58. The molecule has 26 heavy (non-hydrogen) atoms. The number of hydrogen-bond donors (Lipinski definition) is 0. The lowest BCUT2D eigenvalue weighted by molar-refractivity contribution is -0.136. The largest absolute Gasteiger partial charge is 0.466 e. The summed E-state index contributed by atoms with van der Waals surface area (Å²) in [6.45, 7) is 9.30. The summed E-state index contributed by atoms with van der Waals surface area (Å²) in [7, 11) is 3.02. The standard InChI is InChI=1S/C22H34O4/c1-15-12-18(23)20-21(2,3)10-7-11-22(20,4)17(15)9-8-16(14-25-5)13-19(24)26-6/h12-13,17,20H,7-11,14H2,1-6H3/b16-13+/t17-,20+,22-/m1/s1. The Morgan fingerprint density at radius 2 is 1.96 bits per heavy atom. The normalized spacial score (nSPS) is 31.2. The van der Waals surface area contributed by atoms with Crippen LogP contribution in [0.4, 0.5) is 0 Å². The van der Waals surface area contributed by atoms with Crippen molar-refractivity contribution in [3.8, 4) is 0 Å². The summed E-state index contributed by atoms with van der Waals surface area (Å²) in [6.07, 6.45) is 8.48. The van der Waals surface area contributed by atoms with Gasteiger partial charge in [-0.05, 0) is 61.0 Å². The van der Waals surface area contributed by atoms with Crippen molar-refractivity contribution in [1.29, 1.82) is 0 Å². The van der Waals surface area contributed by atoms with Crippen molar-refractivity contribution in [3.05, 3.63) is 23.3 Å². The Bertz CT molecular complexity index is 614. The van der Waals surface area contributed by atoms with E-state index in [-0.39, 0.29) is 22.7 Å². The molecule has 4 heteroatoms. The number of rotatable bonds is 6. The van der Waals surface area contributed by atoms with Crippen molar-refractivity contribution in [1.82, 2.24) is 0 Å². The highest BCUT2D eigenvalue weighted by atomic mass is 16.5. The number of esters is 1. The van der Waals surface area contributed by atoms with Crippen molar-refractivity contribution in [3.63, 3.8) is 0 Å². The average Bonchev–Trinajstić information content (AvgIpc) is 2.52. The predicted octanol–water partition coefficient (Wildman–Crippen LogP) is 4.49. The van der Waals surface area contributed by atoms with Crippen molar-refractivity contribution < 1.29 is 19.1 Å². The maximum atomic E-state index is 12.9. The van der Waals surface area contributed by atoms with Gasteiger partial charge in [-0.25, -0.2) is 4.79 Å². The van der Waals surface area contributed by atoms with Gasteiger partial charge in [0, 0.05) is 19.1 Å². The topological polar surface area (TPSA) is 52.6 Å². The van der Waals surface area contributed by atoms with Gasteiger partial charge in [-0.3, -0.25) is 4.79 Å². The molecule has 0 aliphatic heterocycles. The second-order valence-corrected chi connectivity index (χ2v) is 8.92. The smallest absolute Gasteiger partial charge is 0.330 e. The van der Waals surface area contributed by atoms with E-state index in [1.807, 2.05) is 6.08 Å². The van der Waals surface area contributed by atoms with Crippen LogP contribution in [0.1, 0.15) is 59.8 Å². The maximum absolute atomic E-state index is 12.9. The summed E-state index contributed by atoms with van der Waals surface area (Å²) < 4.78 is 10.0. The van der Waals surface area contributed by atoms with E-state index in [0.717, 1.165) is 31.3 Å². The minimum Gasteiger partial charge on any atom is -0.466 e. The molecule has 4 nitrogen and oxygen atoms in total. The van der Waals surface area contributed by atoms with Crippen LogP contribution in [-0.4, -0.2) is 32.6 Å². The fourth-order valence-corrected chi connectivity index (χ4v) is 5.60. The first-order valence-corrected chi connectivity index (χ1v) is 9.64. The second kappa shape index (κ2) is 8.08. The summed E-state index contributed by atoms with van der Waals surface area (Å²) in [4.78, 5) is 24.5. The molecule has 0 unspecified atom stereocenters. The van der Waals surface area contributed by atoms with E-state index < -0.39 is 0 Å². The lowest BCUT2D eigenvalue weighted by Gasteiger charge is -2.55. The predicted molar refractivity (Wildman–Crippen MR) is 103 cm³/mol. The minimum atomic E-state index is -0.342. The third-order valence-corrected chi connectivity index (χ3v) is 6.58. The molecule has 0 saturated heterocycles. The van der Waals surface area contributed by atoms with Crippen LogP contribution in [0.5, 0.6) is 0 Å². The van der Waals surface area contributed by atoms with Crippen molar-refractivity contribution >= 4 is 11.8 Å². The van der Waals surface area contributed by atoms with Crippen molar-refractivity contribution in [2.75, 3.05) is 20.8 Å². The molecule has 0 radical (unpaired) electrons. The van der Waals surface area contributed by atoms with E-state index in [0.29, 0.717) is 18.3 Å². The Balaban J connectivity index is 2.27. The van der Waals surface area contributed by atoms with Gasteiger partial charge in [0.15, 0.2) is 5.78 Å². The van der Waals surface area contributed by atoms with Crippen LogP contribution in [0.3, 0.4) is 0 Å². The van der Waals surface area contributed by atoms with Gasteiger partial charge in [-0.1, -0.05) is 32.8 Å². The average molecular weight is 363 g/mol. The molecule has 0 amide bonds. The summed E-state index contributed by atoms with van der Waals surface area (Å²) in [5, 5.41) is 0. The van der Waals surface area contributed by atoms with E-state index in [9.17, 15) is 9.59 Å². The van der Waals surface area contributed by atoms with Gasteiger partial charge in [-0.15, -0.1) is 0 Å². The Hall–Kier alpha value is -1.42. The summed E-state index contributed by atoms with van der Waals surface area (Å²) in [5.74, 6) is 0.384. The van der Waals surface area contributed by atoms with Crippen molar-refractivity contribution in [2.45, 2.75) is 59.8 Å². The van der Waals surface area contributed by atoms with Gasteiger partial charge in [0.1, 0.15) is 0 Å². The number of carbonyl (C=O) groups is 2. The van der Waals surface area contributed by atoms with Crippen LogP contribution >= 0.6 is 0 Å². The molecule has 0 heterocycles. The van der Waals surface area contributed by atoms with Crippen LogP contribution < -0.4 is 0 Å². The summed E-state index contributed by atoms with van der Waals surface area (Å²) in [6, 6.07) is 0. The van der Waals surface area contributed by atoms with Crippen LogP contribution in [0.15, 0.2) is 23.3 Å². The van der Waals surface area contributed by atoms with Gasteiger partial charge >= 0.3 is 5.97 Å². The molecule has 0 N–H and O–H groups in total. The molecule has 2 rings (SSSR count). The zero-order chi connectivity index (χ0) is 19.5. The first kappa shape index (κ1) is 20.9. The monoisotopic (exact) mass is 362 g/mol. The SMILES string of the molecule is COC/C(=C/C(=O)OC)CC[C@@H]1C(C)=CC(=O)[C@H]2C(C)(C)CCC[C@]12C. The molecule has 0 aromatic rings. The van der Waals surface area contributed by atoms with Gasteiger partial charge in [0.05, 0.1) is 13.7 Å². The lowest BCUT2D eigenvalue weighted by Crippen LogP contribution is -2.52. The molecule has 1 fully saturated rings. The molecular weight excluding hydrogens is 328 g/mol. The Kier molecular flexibility index (Phi) is 6.49. The number of carbonyl (C=O) groups excluding carboxylic acids is 2. The number of methoxy groups -OCH3 is 2. The van der Waals surface area contributed by atoms with Gasteiger partial charge in [0.2, 0.25) is 0 Å². The molecular formula is C22H34O4. The second-order valence-electron chi connectivity index (χ2n) is 8.92. The van der Waals surface area contributed by atoms with Crippen LogP contribution in [0.25, 0.3) is 0 Å². The van der Waals surface area contributed by atoms with Crippen molar-refractivity contribution in [2.24, 2.45) is 22.7 Å². The number of allylic oxidation sites excluding steroid dienone is 2. The highest BCUT2D eigenvalue weighted by Gasteiger charge is 2.55. The zero-order valence-corrected chi connectivity index (χ0v) is 17.2. The van der Waals surface area contributed by atoms with E-state index in [1.54, 1.807) is 13.2 Å². The first-order chi connectivity index (χ1) is 12.2. The van der Waals surface area contributed by atoms with Gasteiger partial charge in [-0.2, -0.15) is 0 Å². The molecule has 146 valence electrons. The molecule has 3 atom stereocenters. The molecule has 0 bridgehead atoms. The molecule has 2 aliphatic rings. The number of fused-ring (bicyclic) bond motifs is 1. The van der Waals surface area contributed by atoms with E-state index in [2.05, 4.69) is 27.7 Å². The highest BCUT2D eigenvalue weighted by Crippen LogP contribution is 2.59. The molecule has 0 aromatic heterocycles. The van der Waals surface area contributed by atoms with Gasteiger partial charge in [0.25, 0.3) is 0 Å². The fraction of sp³-hybridized carbons (Fsp3) is 0.727. The third kappa shape index (κ3) is 4.11. The molecule has 0 spiro atoms. The number of ketones is 1. The Labute approximate surface area is 158 Å². The van der Waals surface area contributed by atoms with Crippen LogP contribution in [0.2, 0.25) is 0 Å².